The fraction of sp³-hybridized carbons (Fsp3) is 0.222. The van der Waals surface area contributed by atoms with E-state index in [4.69, 9.17) is 4.74 Å². The maximum absolute atomic E-state index is 12.7. The first-order chi connectivity index (χ1) is 10.7. The lowest BCUT2D eigenvalue weighted by molar-refractivity contribution is 0.147. The predicted molar refractivity (Wildman–Crippen MR) is 87.2 cm³/mol. The summed E-state index contributed by atoms with van der Waals surface area (Å²) < 4.78 is 31.1. The van der Waals surface area contributed by atoms with E-state index in [2.05, 4.69) is 0 Å². The first-order valence-corrected chi connectivity index (χ1v) is 8.86. The van der Waals surface area contributed by atoms with Gasteiger partial charge in [0, 0.05) is 6.61 Å². The molecule has 3 rings (SSSR count). The van der Waals surface area contributed by atoms with E-state index in [1.165, 1.54) is 0 Å². The van der Waals surface area contributed by atoms with E-state index >= 15 is 0 Å². The van der Waals surface area contributed by atoms with Gasteiger partial charge in [-0.2, -0.15) is 0 Å². The smallest absolute Gasteiger partial charge is 0.184 e. The third-order valence-electron chi connectivity index (χ3n) is 3.83. The van der Waals surface area contributed by atoms with E-state index in [-0.39, 0.29) is 0 Å². The monoisotopic (exact) mass is 314 g/mol. The third kappa shape index (κ3) is 3.13. The van der Waals surface area contributed by atoms with Crippen LogP contribution in [0.5, 0.6) is 0 Å². The molecule has 0 saturated carbocycles. The summed E-state index contributed by atoms with van der Waals surface area (Å²) in [7, 11) is -3.37. The molecule has 0 amide bonds. The van der Waals surface area contributed by atoms with Gasteiger partial charge in [-0.3, -0.25) is 0 Å². The van der Waals surface area contributed by atoms with Crippen LogP contribution < -0.4 is 0 Å². The Bertz CT molecular complexity index is 736. The van der Waals surface area contributed by atoms with Crippen molar-refractivity contribution in [3.05, 3.63) is 72.3 Å². The van der Waals surface area contributed by atoms with Gasteiger partial charge in [0.25, 0.3) is 0 Å². The van der Waals surface area contributed by atoms with Gasteiger partial charge in [0.05, 0.1) is 16.2 Å². The lowest BCUT2D eigenvalue weighted by Gasteiger charge is -2.16. The van der Waals surface area contributed by atoms with Gasteiger partial charge in [0.15, 0.2) is 9.84 Å². The lowest BCUT2D eigenvalue weighted by atomic mass is 10.1. The van der Waals surface area contributed by atoms with E-state index in [9.17, 15) is 8.42 Å². The molecule has 4 heteroatoms. The highest BCUT2D eigenvalue weighted by Gasteiger charge is 2.37. The van der Waals surface area contributed by atoms with Crippen molar-refractivity contribution in [1.29, 1.82) is 0 Å². The molecule has 0 aromatic heterocycles. The van der Waals surface area contributed by atoms with Gasteiger partial charge in [-0.1, -0.05) is 60.7 Å². The van der Waals surface area contributed by atoms with Crippen LogP contribution >= 0.6 is 0 Å². The molecular weight excluding hydrogens is 296 g/mol. The molecule has 1 heterocycles. The molecule has 2 aromatic rings. The van der Waals surface area contributed by atoms with Gasteiger partial charge < -0.3 is 4.74 Å². The highest BCUT2D eigenvalue weighted by molar-refractivity contribution is 7.92. The Balaban J connectivity index is 1.83. The van der Waals surface area contributed by atoms with E-state index in [1.807, 2.05) is 48.6 Å². The van der Waals surface area contributed by atoms with E-state index in [0.717, 1.165) is 5.56 Å². The number of rotatable bonds is 4. The Morgan fingerprint density at radius 3 is 2.27 bits per heavy atom. The van der Waals surface area contributed by atoms with Crippen LogP contribution in [0.25, 0.3) is 6.08 Å². The lowest BCUT2D eigenvalue weighted by Crippen LogP contribution is -2.28. The van der Waals surface area contributed by atoms with Crippen LogP contribution in [0.2, 0.25) is 0 Å². The molecule has 1 aliphatic heterocycles. The van der Waals surface area contributed by atoms with Crippen molar-refractivity contribution in [2.75, 3.05) is 6.61 Å². The van der Waals surface area contributed by atoms with Gasteiger partial charge in [-0.05, 0) is 24.1 Å². The van der Waals surface area contributed by atoms with E-state index in [0.29, 0.717) is 17.9 Å². The molecule has 0 bridgehead atoms. The molecule has 0 N–H and O–H groups in total. The van der Waals surface area contributed by atoms with Crippen LogP contribution in [0.1, 0.15) is 12.0 Å². The Morgan fingerprint density at radius 1 is 0.955 bits per heavy atom. The van der Waals surface area contributed by atoms with Gasteiger partial charge in [-0.25, -0.2) is 8.42 Å². The quantitative estimate of drug-likeness (QED) is 0.869. The largest absolute Gasteiger partial charge is 0.373 e. The third-order valence-corrected chi connectivity index (χ3v) is 6.06. The minimum Gasteiger partial charge on any atom is -0.373 e. The molecule has 2 aromatic carbocycles. The summed E-state index contributed by atoms with van der Waals surface area (Å²) >= 11 is 0. The number of hydrogen-bond acceptors (Lipinski definition) is 3. The maximum Gasteiger partial charge on any atom is 0.184 e. The van der Waals surface area contributed by atoms with Crippen molar-refractivity contribution in [3.63, 3.8) is 0 Å². The fourth-order valence-electron chi connectivity index (χ4n) is 2.66. The summed E-state index contributed by atoms with van der Waals surface area (Å²) in [6, 6.07) is 18.4. The summed E-state index contributed by atoms with van der Waals surface area (Å²) in [6.07, 6.45) is 3.91. The predicted octanol–water partition coefficient (Wildman–Crippen LogP) is 3.33. The van der Waals surface area contributed by atoms with Gasteiger partial charge in [-0.15, -0.1) is 0 Å². The van der Waals surface area contributed by atoms with Gasteiger partial charge >= 0.3 is 0 Å². The first-order valence-electron chi connectivity index (χ1n) is 7.32. The second-order valence-electron chi connectivity index (χ2n) is 5.29. The van der Waals surface area contributed by atoms with Crippen molar-refractivity contribution in [3.8, 4) is 0 Å². The second-order valence-corrected chi connectivity index (χ2v) is 7.46. The summed E-state index contributed by atoms with van der Waals surface area (Å²) in [5.41, 5.74) is 1.04. The zero-order valence-electron chi connectivity index (χ0n) is 12.1. The SMILES string of the molecule is O=S(=O)(c1ccccc1)[C@@H]1CCO[C@H]1/C=C/c1ccccc1. The van der Waals surface area contributed by atoms with Gasteiger partial charge in [0.2, 0.25) is 0 Å². The molecular formula is C18H18O3S. The Morgan fingerprint density at radius 2 is 1.59 bits per heavy atom. The number of sulfone groups is 1. The standard InChI is InChI=1S/C18H18O3S/c19-22(20,16-9-5-2-6-10-16)18-13-14-21-17(18)12-11-15-7-3-1-4-8-15/h1-12,17-18H,13-14H2/b12-11+/t17-,18+/m0/s1. The van der Waals surface area contributed by atoms with Crippen LogP contribution in [0, 0.1) is 0 Å². The molecule has 0 spiro atoms. The van der Waals surface area contributed by atoms with Crippen molar-refractivity contribution < 1.29 is 13.2 Å². The minimum atomic E-state index is -3.37. The molecule has 0 aliphatic carbocycles. The molecule has 22 heavy (non-hydrogen) atoms. The zero-order valence-corrected chi connectivity index (χ0v) is 12.9. The van der Waals surface area contributed by atoms with Gasteiger partial charge in [0.1, 0.15) is 0 Å². The molecule has 2 atom stereocenters. The van der Waals surface area contributed by atoms with Crippen molar-refractivity contribution in [1.82, 2.24) is 0 Å². The Hall–Kier alpha value is -1.91. The molecule has 3 nitrogen and oxygen atoms in total. The van der Waals surface area contributed by atoms with Crippen LogP contribution in [0.4, 0.5) is 0 Å². The average molecular weight is 314 g/mol. The summed E-state index contributed by atoms with van der Waals surface area (Å²) in [5.74, 6) is 0. The molecule has 114 valence electrons. The maximum atomic E-state index is 12.7. The summed E-state index contributed by atoms with van der Waals surface area (Å²) in [4.78, 5) is 0.364. The minimum absolute atomic E-state index is 0.364. The number of hydrogen-bond donors (Lipinski definition) is 0. The van der Waals surface area contributed by atoms with Crippen LogP contribution in [0.15, 0.2) is 71.6 Å². The average Bonchev–Trinajstić information content (AvgIpc) is 3.04. The number of ether oxygens (including phenoxy) is 1. The van der Waals surface area contributed by atoms with E-state index in [1.54, 1.807) is 24.3 Å². The molecule has 1 aliphatic rings. The Labute approximate surface area is 131 Å². The molecule has 0 unspecified atom stereocenters. The van der Waals surface area contributed by atoms with Crippen LogP contribution in [0.3, 0.4) is 0 Å². The van der Waals surface area contributed by atoms with Crippen LogP contribution in [-0.4, -0.2) is 26.4 Å². The van der Waals surface area contributed by atoms with E-state index < -0.39 is 21.2 Å². The zero-order chi connectivity index (χ0) is 15.4. The Kier molecular flexibility index (Phi) is 4.41. The van der Waals surface area contributed by atoms with Crippen molar-refractivity contribution in [2.24, 2.45) is 0 Å². The molecule has 1 saturated heterocycles. The highest BCUT2D eigenvalue weighted by atomic mass is 32.2. The van der Waals surface area contributed by atoms with Crippen molar-refractivity contribution >= 4 is 15.9 Å². The number of benzene rings is 2. The van der Waals surface area contributed by atoms with Crippen LogP contribution in [-0.2, 0) is 14.6 Å². The fourth-order valence-corrected chi connectivity index (χ4v) is 4.47. The topological polar surface area (TPSA) is 43.4 Å². The normalized spacial score (nSPS) is 22.2. The summed E-state index contributed by atoms with van der Waals surface area (Å²) in [5, 5.41) is -0.519. The highest BCUT2D eigenvalue weighted by Crippen LogP contribution is 2.28. The molecule has 1 fully saturated rings. The molecule has 0 radical (unpaired) electrons. The summed E-state index contributed by atoms with van der Waals surface area (Å²) in [6.45, 7) is 0.473. The first kappa shape index (κ1) is 15.0. The second kappa shape index (κ2) is 6.46. The van der Waals surface area contributed by atoms with Crippen molar-refractivity contribution in [2.45, 2.75) is 22.7 Å².